The molecule has 1 saturated heterocycles. The molecule has 1 aliphatic heterocycles. The summed E-state index contributed by atoms with van der Waals surface area (Å²) in [6, 6.07) is 2.71. The van der Waals surface area contributed by atoms with E-state index in [9.17, 15) is 13.2 Å². The maximum Gasteiger partial charge on any atom is 0.194 e. The Morgan fingerprint density at radius 3 is 2.11 bits per heavy atom. The van der Waals surface area contributed by atoms with E-state index in [0.717, 1.165) is 38.1 Å². The van der Waals surface area contributed by atoms with Crippen LogP contribution in [0.15, 0.2) is 12.1 Å². The van der Waals surface area contributed by atoms with E-state index in [1.807, 2.05) is 0 Å². The summed E-state index contributed by atoms with van der Waals surface area (Å²) < 4.78 is 39.0. The van der Waals surface area contributed by atoms with Gasteiger partial charge in [0.15, 0.2) is 17.5 Å². The van der Waals surface area contributed by atoms with Gasteiger partial charge in [0, 0.05) is 43.0 Å². The van der Waals surface area contributed by atoms with Crippen molar-refractivity contribution in [3.63, 3.8) is 0 Å². The van der Waals surface area contributed by atoms with Crippen molar-refractivity contribution in [1.29, 1.82) is 0 Å². The Bertz CT molecular complexity index is 417. The van der Waals surface area contributed by atoms with E-state index in [-0.39, 0.29) is 6.04 Å². The molecule has 2 nitrogen and oxygen atoms in total. The second-order valence-corrected chi connectivity index (χ2v) is 5.30. The highest BCUT2D eigenvalue weighted by molar-refractivity contribution is 5.45. The summed E-state index contributed by atoms with van der Waals surface area (Å²) in [7, 11) is 0. The van der Waals surface area contributed by atoms with Gasteiger partial charge in [-0.05, 0) is 26.7 Å². The molecule has 1 fully saturated rings. The minimum absolute atomic E-state index is 0.180. The zero-order chi connectivity index (χ0) is 14.0. The number of nitrogens with one attached hydrogen (secondary N) is 1. The van der Waals surface area contributed by atoms with Crippen LogP contribution in [0, 0.1) is 17.5 Å². The number of piperidine rings is 1. The minimum atomic E-state index is -1.42. The van der Waals surface area contributed by atoms with E-state index in [4.69, 9.17) is 0 Å². The normalized spacial score (nSPS) is 18.0. The maximum atomic E-state index is 13.1. The summed E-state index contributed by atoms with van der Waals surface area (Å²) in [5.74, 6) is -3.72. The van der Waals surface area contributed by atoms with Gasteiger partial charge >= 0.3 is 0 Å². The highest BCUT2D eigenvalue weighted by Crippen LogP contribution is 2.21. The molecule has 5 heteroatoms. The van der Waals surface area contributed by atoms with Crippen LogP contribution in [0.5, 0.6) is 0 Å². The van der Waals surface area contributed by atoms with Crippen molar-refractivity contribution in [2.24, 2.45) is 0 Å². The van der Waals surface area contributed by atoms with E-state index in [2.05, 4.69) is 24.1 Å². The average Bonchev–Trinajstić information content (AvgIpc) is 2.36. The molecule has 0 saturated carbocycles. The molecule has 0 unspecified atom stereocenters. The summed E-state index contributed by atoms with van der Waals surface area (Å²) in [4.78, 5) is 2.37. The molecule has 1 aromatic carbocycles. The molecule has 1 N–H and O–H groups in total. The molecule has 19 heavy (non-hydrogen) atoms. The Hall–Kier alpha value is -1.23. The Kier molecular flexibility index (Phi) is 4.34. The lowest BCUT2D eigenvalue weighted by molar-refractivity contribution is 0.177. The number of anilines is 1. The van der Waals surface area contributed by atoms with E-state index >= 15 is 0 Å². The third-order valence-electron chi connectivity index (χ3n) is 3.61. The van der Waals surface area contributed by atoms with Gasteiger partial charge < -0.3 is 10.2 Å². The van der Waals surface area contributed by atoms with Crippen LogP contribution in [0.4, 0.5) is 18.9 Å². The van der Waals surface area contributed by atoms with Crippen LogP contribution in [0.1, 0.15) is 26.7 Å². The van der Waals surface area contributed by atoms with Crippen LogP contribution >= 0.6 is 0 Å². The first-order valence-corrected chi connectivity index (χ1v) is 6.62. The zero-order valence-electron chi connectivity index (χ0n) is 11.2. The maximum absolute atomic E-state index is 13.1. The number of hydrogen-bond acceptors (Lipinski definition) is 2. The lowest BCUT2D eigenvalue weighted by atomic mass is 10.0. The van der Waals surface area contributed by atoms with E-state index in [1.54, 1.807) is 0 Å². The Labute approximate surface area is 111 Å². The van der Waals surface area contributed by atoms with Gasteiger partial charge in [-0.15, -0.1) is 0 Å². The van der Waals surface area contributed by atoms with Gasteiger partial charge in [-0.3, -0.25) is 0 Å². The third-order valence-corrected chi connectivity index (χ3v) is 3.61. The first-order chi connectivity index (χ1) is 8.97. The summed E-state index contributed by atoms with van der Waals surface area (Å²) in [6.45, 7) is 6.22. The van der Waals surface area contributed by atoms with Crippen LogP contribution in [0.2, 0.25) is 0 Å². The van der Waals surface area contributed by atoms with Crippen LogP contribution in [-0.2, 0) is 0 Å². The number of nitrogens with zero attached hydrogens (tertiary/aromatic N) is 1. The minimum Gasteiger partial charge on any atom is -0.382 e. The zero-order valence-corrected chi connectivity index (χ0v) is 11.2. The monoisotopic (exact) mass is 272 g/mol. The summed E-state index contributed by atoms with van der Waals surface area (Å²) in [5.41, 5.74) is 0.305. The van der Waals surface area contributed by atoms with Crippen molar-refractivity contribution in [1.82, 2.24) is 4.90 Å². The van der Waals surface area contributed by atoms with E-state index in [0.29, 0.717) is 11.7 Å². The smallest absolute Gasteiger partial charge is 0.194 e. The first-order valence-electron chi connectivity index (χ1n) is 6.62. The van der Waals surface area contributed by atoms with Crippen molar-refractivity contribution in [3.8, 4) is 0 Å². The standard InChI is InChI=1S/C14H19F3N2/c1-9(2)19-5-3-10(4-6-19)18-11-7-12(15)14(17)13(16)8-11/h7-10,18H,3-6H2,1-2H3. The molecule has 0 atom stereocenters. The number of likely N-dealkylation sites (tertiary alicyclic amines) is 1. The molecule has 106 valence electrons. The average molecular weight is 272 g/mol. The number of rotatable bonds is 3. The van der Waals surface area contributed by atoms with Gasteiger partial charge in [0.1, 0.15) is 0 Å². The molecule has 1 aliphatic rings. The largest absolute Gasteiger partial charge is 0.382 e. The predicted molar refractivity (Wildman–Crippen MR) is 69.7 cm³/mol. The van der Waals surface area contributed by atoms with Crippen LogP contribution in [-0.4, -0.2) is 30.1 Å². The van der Waals surface area contributed by atoms with Crippen molar-refractivity contribution >= 4 is 5.69 Å². The van der Waals surface area contributed by atoms with Gasteiger partial charge in [-0.25, -0.2) is 13.2 Å². The molecule has 0 bridgehead atoms. The van der Waals surface area contributed by atoms with Gasteiger partial charge in [0.2, 0.25) is 0 Å². The topological polar surface area (TPSA) is 15.3 Å². The van der Waals surface area contributed by atoms with E-state index < -0.39 is 17.5 Å². The van der Waals surface area contributed by atoms with Crippen molar-refractivity contribution in [3.05, 3.63) is 29.6 Å². The van der Waals surface area contributed by atoms with Crippen molar-refractivity contribution < 1.29 is 13.2 Å². The highest BCUT2D eigenvalue weighted by Gasteiger charge is 2.21. The molecule has 1 heterocycles. The number of benzene rings is 1. The molecule has 0 aliphatic carbocycles. The highest BCUT2D eigenvalue weighted by atomic mass is 19.2. The quantitative estimate of drug-likeness (QED) is 0.848. The Balaban J connectivity index is 1.96. The molecule has 1 aromatic rings. The predicted octanol–water partition coefficient (Wildman–Crippen LogP) is 3.39. The Morgan fingerprint density at radius 1 is 1.11 bits per heavy atom. The van der Waals surface area contributed by atoms with Gasteiger partial charge in [-0.2, -0.15) is 0 Å². The molecule has 0 radical (unpaired) electrons. The first kappa shape index (κ1) is 14.2. The molecule has 0 spiro atoms. The fourth-order valence-corrected chi connectivity index (χ4v) is 2.43. The third kappa shape index (κ3) is 3.41. The molecular formula is C14H19F3N2. The van der Waals surface area contributed by atoms with Gasteiger partial charge in [0.25, 0.3) is 0 Å². The lowest BCUT2D eigenvalue weighted by Gasteiger charge is -2.35. The van der Waals surface area contributed by atoms with E-state index in [1.165, 1.54) is 0 Å². The summed E-state index contributed by atoms with van der Waals surface area (Å²) >= 11 is 0. The van der Waals surface area contributed by atoms with Crippen molar-refractivity contribution in [2.45, 2.75) is 38.8 Å². The van der Waals surface area contributed by atoms with Crippen LogP contribution in [0.25, 0.3) is 0 Å². The molecule has 2 rings (SSSR count). The van der Waals surface area contributed by atoms with Crippen LogP contribution in [0.3, 0.4) is 0 Å². The van der Waals surface area contributed by atoms with Gasteiger partial charge in [-0.1, -0.05) is 0 Å². The van der Waals surface area contributed by atoms with Gasteiger partial charge in [0.05, 0.1) is 0 Å². The Morgan fingerprint density at radius 2 is 1.63 bits per heavy atom. The summed E-state index contributed by atoms with van der Waals surface area (Å²) in [6.07, 6.45) is 1.83. The number of halogens is 3. The number of hydrogen-bond donors (Lipinski definition) is 1. The van der Waals surface area contributed by atoms with Crippen molar-refractivity contribution in [2.75, 3.05) is 18.4 Å². The second-order valence-electron chi connectivity index (χ2n) is 5.30. The lowest BCUT2D eigenvalue weighted by Crippen LogP contribution is -2.42. The summed E-state index contributed by atoms with van der Waals surface area (Å²) in [5, 5.41) is 3.08. The fraction of sp³-hybridized carbons (Fsp3) is 0.571. The SMILES string of the molecule is CC(C)N1CCC(Nc2cc(F)c(F)c(F)c2)CC1. The fourth-order valence-electron chi connectivity index (χ4n) is 2.43. The molecular weight excluding hydrogens is 253 g/mol. The second kappa shape index (κ2) is 5.82. The van der Waals surface area contributed by atoms with Crippen LogP contribution < -0.4 is 5.32 Å². The molecule has 0 amide bonds. The molecule has 0 aromatic heterocycles.